The van der Waals surface area contributed by atoms with Gasteiger partial charge in [0, 0.05) is 36.5 Å². The van der Waals surface area contributed by atoms with Crippen molar-refractivity contribution in [1.82, 2.24) is 4.57 Å². The first-order chi connectivity index (χ1) is 10.5. The predicted molar refractivity (Wildman–Crippen MR) is 91.0 cm³/mol. The minimum absolute atomic E-state index is 0.112. The molecule has 22 heavy (non-hydrogen) atoms. The van der Waals surface area contributed by atoms with Crippen LogP contribution in [0.1, 0.15) is 17.5 Å². The highest BCUT2D eigenvalue weighted by molar-refractivity contribution is 7.80. The van der Waals surface area contributed by atoms with Crippen molar-refractivity contribution in [2.75, 3.05) is 5.32 Å². The fourth-order valence-electron chi connectivity index (χ4n) is 1.99. The average Bonchev–Trinajstić information content (AvgIpc) is 2.49. The molecule has 1 aromatic heterocycles. The third kappa shape index (κ3) is 4.26. The summed E-state index contributed by atoms with van der Waals surface area (Å²) >= 11 is 4.87. The Morgan fingerprint density at radius 3 is 2.55 bits per heavy atom. The van der Waals surface area contributed by atoms with E-state index in [9.17, 15) is 9.59 Å². The zero-order chi connectivity index (χ0) is 16.1. The SMILES string of the molecule is Cc1ccc(=O)n(CCC(=O)Nc2ccc(C(N)=S)cc2)c1. The maximum atomic E-state index is 11.9. The van der Waals surface area contributed by atoms with Crippen LogP contribution in [-0.2, 0) is 11.3 Å². The van der Waals surface area contributed by atoms with Crippen molar-refractivity contribution >= 4 is 28.8 Å². The lowest BCUT2D eigenvalue weighted by atomic mass is 10.2. The number of nitrogens with one attached hydrogen (secondary N) is 1. The van der Waals surface area contributed by atoms with E-state index in [1.165, 1.54) is 10.6 Å². The monoisotopic (exact) mass is 315 g/mol. The first kappa shape index (κ1) is 15.9. The molecule has 1 heterocycles. The van der Waals surface area contributed by atoms with Gasteiger partial charge in [0.1, 0.15) is 4.99 Å². The van der Waals surface area contributed by atoms with Crippen LogP contribution < -0.4 is 16.6 Å². The summed E-state index contributed by atoms with van der Waals surface area (Å²) < 4.78 is 1.53. The Morgan fingerprint density at radius 1 is 1.23 bits per heavy atom. The van der Waals surface area contributed by atoms with Crippen molar-refractivity contribution in [1.29, 1.82) is 0 Å². The van der Waals surface area contributed by atoms with Gasteiger partial charge in [0.05, 0.1) is 0 Å². The molecule has 0 aliphatic rings. The molecule has 1 aromatic carbocycles. The summed E-state index contributed by atoms with van der Waals surface area (Å²) in [7, 11) is 0. The van der Waals surface area contributed by atoms with Gasteiger partial charge in [0.15, 0.2) is 0 Å². The number of nitrogens with two attached hydrogens (primary N) is 1. The molecule has 2 rings (SSSR count). The van der Waals surface area contributed by atoms with Crippen LogP contribution in [0, 0.1) is 6.92 Å². The number of carbonyl (C=O) groups excluding carboxylic acids is 1. The molecule has 0 aliphatic heterocycles. The van der Waals surface area contributed by atoms with Crippen molar-refractivity contribution in [2.45, 2.75) is 19.9 Å². The summed E-state index contributed by atoms with van der Waals surface area (Å²) in [5, 5.41) is 2.77. The number of aromatic nitrogens is 1. The summed E-state index contributed by atoms with van der Waals surface area (Å²) in [6.07, 6.45) is 1.97. The summed E-state index contributed by atoms with van der Waals surface area (Å²) in [6, 6.07) is 10.2. The van der Waals surface area contributed by atoms with Crippen LogP contribution in [0.4, 0.5) is 5.69 Å². The minimum Gasteiger partial charge on any atom is -0.389 e. The van der Waals surface area contributed by atoms with Crippen LogP contribution in [0.25, 0.3) is 0 Å². The van der Waals surface area contributed by atoms with Gasteiger partial charge >= 0.3 is 0 Å². The molecule has 0 fully saturated rings. The molecule has 0 saturated carbocycles. The van der Waals surface area contributed by atoms with E-state index in [2.05, 4.69) is 5.32 Å². The Bertz CT molecular complexity index is 751. The molecule has 1 amide bonds. The second-order valence-corrected chi connectivity index (χ2v) is 5.42. The minimum atomic E-state index is -0.156. The molecule has 6 heteroatoms. The highest BCUT2D eigenvalue weighted by Crippen LogP contribution is 2.10. The number of nitrogens with zero attached hydrogens (tertiary/aromatic N) is 1. The second kappa shape index (κ2) is 7.00. The van der Waals surface area contributed by atoms with Gasteiger partial charge in [-0.2, -0.15) is 0 Å². The number of benzene rings is 1. The topological polar surface area (TPSA) is 77.1 Å². The number of hydrogen-bond donors (Lipinski definition) is 2. The lowest BCUT2D eigenvalue weighted by Crippen LogP contribution is -2.22. The largest absolute Gasteiger partial charge is 0.389 e. The normalized spacial score (nSPS) is 10.2. The van der Waals surface area contributed by atoms with Gasteiger partial charge < -0.3 is 15.6 Å². The van der Waals surface area contributed by atoms with Gasteiger partial charge in [-0.05, 0) is 36.8 Å². The Kier molecular flexibility index (Phi) is 5.06. The maximum absolute atomic E-state index is 11.9. The van der Waals surface area contributed by atoms with Crippen molar-refractivity contribution in [3.63, 3.8) is 0 Å². The Balaban J connectivity index is 1.94. The van der Waals surface area contributed by atoms with Crippen LogP contribution >= 0.6 is 12.2 Å². The van der Waals surface area contributed by atoms with Gasteiger partial charge in [-0.15, -0.1) is 0 Å². The molecular formula is C16H17N3O2S. The van der Waals surface area contributed by atoms with Crippen LogP contribution in [0.15, 0.2) is 47.4 Å². The number of pyridine rings is 1. The Labute approximate surface area is 133 Å². The van der Waals surface area contributed by atoms with Crippen molar-refractivity contribution < 1.29 is 4.79 Å². The van der Waals surface area contributed by atoms with Gasteiger partial charge in [-0.25, -0.2) is 0 Å². The maximum Gasteiger partial charge on any atom is 0.250 e. The lowest BCUT2D eigenvalue weighted by molar-refractivity contribution is -0.116. The van der Waals surface area contributed by atoms with E-state index in [-0.39, 0.29) is 17.9 Å². The van der Waals surface area contributed by atoms with Gasteiger partial charge in [0.25, 0.3) is 5.56 Å². The van der Waals surface area contributed by atoms with E-state index in [4.69, 9.17) is 18.0 Å². The molecule has 0 saturated heterocycles. The summed E-state index contributed by atoms with van der Waals surface area (Å²) in [6.45, 7) is 2.25. The van der Waals surface area contributed by atoms with Gasteiger partial charge in [-0.3, -0.25) is 9.59 Å². The van der Waals surface area contributed by atoms with E-state index < -0.39 is 0 Å². The zero-order valence-corrected chi connectivity index (χ0v) is 13.0. The first-order valence-electron chi connectivity index (χ1n) is 6.82. The van der Waals surface area contributed by atoms with E-state index >= 15 is 0 Å². The van der Waals surface area contributed by atoms with E-state index in [1.807, 2.05) is 6.92 Å². The molecule has 0 atom stereocenters. The van der Waals surface area contributed by atoms with Crippen LogP contribution in [0.5, 0.6) is 0 Å². The molecule has 3 N–H and O–H groups in total. The Morgan fingerprint density at radius 2 is 1.91 bits per heavy atom. The number of anilines is 1. The molecule has 5 nitrogen and oxygen atoms in total. The number of carbonyl (C=O) groups is 1. The Hall–Kier alpha value is -2.47. The van der Waals surface area contributed by atoms with E-state index in [0.29, 0.717) is 17.2 Å². The third-order valence-electron chi connectivity index (χ3n) is 3.16. The number of rotatable bonds is 5. The molecule has 0 aliphatic carbocycles. The molecule has 114 valence electrons. The smallest absolute Gasteiger partial charge is 0.250 e. The first-order valence-corrected chi connectivity index (χ1v) is 7.23. The second-order valence-electron chi connectivity index (χ2n) is 4.98. The number of aryl methyl sites for hydroxylation is 2. The van der Waals surface area contributed by atoms with Crippen molar-refractivity contribution in [3.8, 4) is 0 Å². The summed E-state index contributed by atoms with van der Waals surface area (Å²) in [5.74, 6) is -0.156. The van der Waals surface area contributed by atoms with E-state index in [0.717, 1.165) is 11.1 Å². The van der Waals surface area contributed by atoms with Crippen LogP contribution in [0.3, 0.4) is 0 Å². The molecule has 0 radical (unpaired) electrons. The van der Waals surface area contributed by atoms with Crippen molar-refractivity contribution in [3.05, 3.63) is 64.1 Å². The highest BCUT2D eigenvalue weighted by Gasteiger charge is 2.05. The molecule has 0 bridgehead atoms. The number of thiocarbonyl (C=S) groups is 1. The lowest BCUT2D eigenvalue weighted by Gasteiger charge is -2.08. The number of amides is 1. The number of hydrogen-bond acceptors (Lipinski definition) is 3. The third-order valence-corrected chi connectivity index (χ3v) is 3.40. The molecule has 0 spiro atoms. The van der Waals surface area contributed by atoms with Crippen LogP contribution in [0.2, 0.25) is 0 Å². The average molecular weight is 315 g/mol. The fourth-order valence-corrected chi connectivity index (χ4v) is 2.13. The summed E-state index contributed by atoms with van der Waals surface area (Å²) in [4.78, 5) is 23.9. The van der Waals surface area contributed by atoms with E-state index in [1.54, 1.807) is 36.5 Å². The fraction of sp³-hybridized carbons (Fsp3) is 0.188. The predicted octanol–water partition coefficient (Wildman–Crippen LogP) is 1.82. The van der Waals surface area contributed by atoms with Gasteiger partial charge in [0.2, 0.25) is 5.91 Å². The molecular weight excluding hydrogens is 298 g/mol. The highest BCUT2D eigenvalue weighted by atomic mass is 32.1. The zero-order valence-electron chi connectivity index (χ0n) is 12.2. The summed E-state index contributed by atoms with van der Waals surface area (Å²) in [5.41, 5.74) is 7.80. The molecule has 2 aromatic rings. The van der Waals surface area contributed by atoms with Crippen molar-refractivity contribution in [2.24, 2.45) is 5.73 Å². The molecule has 0 unspecified atom stereocenters. The van der Waals surface area contributed by atoms with Gasteiger partial charge in [-0.1, -0.05) is 18.3 Å². The van der Waals surface area contributed by atoms with Crippen LogP contribution in [-0.4, -0.2) is 15.5 Å². The standard InChI is InChI=1S/C16H17N3O2S/c1-11-2-7-15(21)19(10-11)9-8-14(20)18-13-5-3-12(4-6-13)16(17)22/h2-7,10H,8-9H2,1H3,(H2,17,22)(H,18,20). The quantitative estimate of drug-likeness (QED) is 0.825.